The Morgan fingerprint density at radius 3 is 2.19 bits per heavy atom. The van der Waals surface area contributed by atoms with Crippen molar-refractivity contribution in [2.75, 3.05) is 11.4 Å². The number of carbonyl (C=O) groups is 2. The van der Waals surface area contributed by atoms with Gasteiger partial charge >= 0.3 is 0 Å². The highest BCUT2D eigenvalue weighted by Gasteiger charge is 2.62. The number of imide groups is 1. The summed E-state index contributed by atoms with van der Waals surface area (Å²) in [5, 5.41) is 4.44. The smallest absolute Gasteiger partial charge is 0.253 e. The van der Waals surface area contributed by atoms with E-state index in [-0.39, 0.29) is 17.9 Å². The number of para-hydroxylation sites is 1. The highest BCUT2D eigenvalue weighted by Crippen LogP contribution is 2.50. The van der Waals surface area contributed by atoms with E-state index in [1.165, 1.54) is 16.0 Å². The minimum atomic E-state index is -0.482. The second-order valence-electron chi connectivity index (χ2n) is 8.46. The summed E-state index contributed by atoms with van der Waals surface area (Å²) in [6.07, 6.45) is 0.919. The first kappa shape index (κ1) is 18.5. The molecule has 3 aromatic carbocycles. The van der Waals surface area contributed by atoms with Gasteiger partial charge in [-0.1, -0.05) is 72.8 Å². The van der Waals surface area contributed by atoms with Crippen LogP contribution in [-0.2, 0) is 22.6 Å². The number of hydrogen-bond donors (Lipinski definition) is 0. The van der Waals surface area contributed by atoms with Crippen molar-refractivity contribution in [3.63, 3.8) is 0 Å². The van der Waals surface area contributed by atoms with E-state index in [9.17, 15) is 9.59 Å². The summed E-state index contributed by atoms with van der Waals surface area (Å²) in [6.45, 7) is 1.43. The monoisotopic (exact) mass is 409 g/mol. The number of benzene rings is 3. The topological polar surface area (TPSA) is 43.9 Å². The van der Waals surface area contributed by atoms with Gasteiger partial charge in [0, 0.05) is 13.1 Å². The number of anilines is 1. The summed E-state index contributed by atoms with van der Waals surface area (Å²) in [5.74, 6) is -0.620. The van der Waals surface area contributed by atoms with Gasteiger partial charge in [0.15, 0.2) is 0 Å². The molecule has 0 spiro atoms. The fraction of sp³-hybridized carbons (Fsp3) is 0.231. The molecule has 31 heavy (non-hydrogen) atoms. The van der Waals surface area contributed by atoms with Crippen LogP contribution in [0.4, 0.5) is 5.69 Å². The van der Waals surface area contributed by atoms with E-state index in [0.29, 0.717) is 12.2 Å². The normalized spacial score (nSPS) is 25.4. The van der Waals surface area contributed by atoms with Crippen molar-refractivity contribution >= 4 is 17.5 Å². The van der Waals surface area contributed by atoms with Gasteiger partial charge in [0.25, 0.3) is 5.91 Å². The Morgan fingerprint density at radius 2 is 1.42 bits per heavy atom. The molecule has 0 N–H and O–H groups in total. The van der Waals surface area contributed by atoms with Crippen molar-refractivity contribution in [3.8, 4) is 0 Å². The summed E-state index contributed by atoms with van der Waals surface area (Å²) < 4.78 is 0. The van der Waals surface area contributed by atoms with Gasteiger partial charge in [-0.25, -0.2) is 14.9 Å². The summed E-state index contributed by atoms with van der Waals surface area (Å²) in [7, 11) is 0. The Balaban J connectivity index is 1.46. The molecule has 5 nitrogen and oxygen atoms in total. The molecule has 3 atom stereocenters. The van der Waals surface area contributed by atoms with Crippen LogP contribution in [0, 0.1) is 5.92 Å². The van der Waals surface area contributed by atoms with E-state index >= 15 is 0 Å². The molecule has 0 unspecified atom stereocenters. The van der Waals surface area contributed by atoms with Gasteiger partial charge in [0.1, 0.15) is 6.04 Å². The van der Waals surface area contributed by atoms with E-state index in [1.807, 2.05) is 54.6 Å². The maximum atomic E-state index is 13.7. The number of fused-ring (bicyclic) bond motifs is 5. The molecular weight excluding hydrogens is 386 g/mol. The van der Waals surface area contributed by atoms with Crippen LogP contribution in [0.25, 0.3) is 0 Å². The van der Waals surface area contributed by atoms with Crippen molar-refractivity contribution < 1.29 is 9.59 Å². The van der Waals surface area contributed by atoms with Gasteiger partial charge < -0.3 is 0 Å². The fourth-order valence-corrected chi connectivity index (χ4v) is 5.50. The quantitative estimate of drug-likeness (QED) is 0.621. The average molecular weight is 409 g/mol. The van der Waals surface area contributed by atoms with Crippen LogP contribution in [0.1, 0.15) is 22.7 Å². The molecule has 0 aromatic heterocycles. The molecule has 3 aliphatic heterocycles. The van der Waals surface area contributed by atoms with Crippen LogP contribution in [0.2, 0.25) is 0 Å². The minimum Gasteiger partial charge on any atom is -0.274 e. The van der Waals surface area contributed by atoms with E-state index in [0.717, 1.165) is 18.5 Å². The predicted molar refractivity (Wildman–Crippen MR) is 118 cm³/mol. The number of nitrogens with zero attached hydrogens (tertiary/aromatic N) is 3. The van der Waals surface area contributed by atoms with Gasteiger partial charge in [0.2, 0.25) is 5.91 Å². The molecule has 0 radical (unpaired) electrons. The third-order valence-corrected chi connectivity index (χ3v) is 6.82. The number of hydrogen-bond acceptors (Lipinski definition) is 4. The Hall–Kier alpha value is -3.28. The lowest BCUT2D eigenvalue weighted by molar-refractivity contribution is -0.129. The molecule has 0 bridgehead atoms. The molecule has 154 valence electrons. The predicted octanol–water partition coefficient (Wildman–Crippen LogP) is 3.57. The van der Waals surface area contributed by atoms with E-state index < -0.39 is 12.0 Å². The fourth-order valence-electron chi connectivity index (χ4n) is 5.50. The van der Waals surface area contributed by atoms with Crippen molar-refractivity contribution in [1.29, 1.82) is 0 Å². The van der Waals surface area contributed by atoms with Crippen LogP contribution in [0.5, 0.6) is 0 Å². The van der Waals surface area contributed by atoms with Crippen LogP contribution in [0.3, 0.4) is 0 Å². The SMILES string of the molecule is O=C1[C@H]2[C@@H](C(=O)N1c1ccccc1)N(Cc1ccccc1)N1CCc3ccccc3[C@@H]21. The van der Waals surface area contributed by atoms with Gasteiger partial charge in [0.05, 0.1) is 17.6 Å². The molecule has 3 aromatic rings. The van der Waals surface area contributed by atoms with Crippen LogP contribution in [0.15, 0.2) is 84.9 Å². The zero-order valence-electron chi connectivity index (χ0n) is 17.1. The van der Waals surface area contributed by atoms with E-state index in [1.54, 1.807) is 0 Å². The van der Waals surface area contributed by atoms with Gasteiger partial charge in [-0.05, 0) is 35.2 Å². The Bertz CT molecular complexity index is 1150. The molecule has 2 amide bonds. The number of hydrazine groups is 1. The van der Waals surface area contributed by atoms with Crippen molar-refractivity contribution in [3.05, 3.63) is 102 Å². The number of rotatable bonds is 3. The highest BCUT2D eigenvalue weighted by molar-refractivity contribution is 6.24. The average Bonchev–Trinajstić information content (AvgIpc) is 3.28. The summed E-state index contributed by atoms with van der Waals surface area (Å²) in [6, 6.07) is 27.3. The van der Waals surface area contributed by atoms with E-state index in [4.69, 9.17) is 0 Å². The Morgan fingerprint density at radius 1 is 0.742 bits per heavy atom. The molecule has 5 heteroatoms. The Kier molecular flexibility index (Phi) is 4.26. The van der Waals surface area contributed by atoms with Gasteiger partial charge in [-0.2, -0.15) is 0 Å². The largest absolute Gasteiger partial charge is 0.274 e. The third kappa shape index (κ3) is 2.77. The number of carbonyl (C=O) groups excluding carboxylic acids is 2. The first-order valence-corrected chi connectivity index (χ1v) is 10.8. The molecule has 2 fully saturated rings. The summed E-state index contributed by atoms with van der Waals surface area (Å²) >= 11 is 0. The van der Waals surface area contributed by atoms with Crippen LogP contribution in [-0.4, -0.2) is 34.4 Å². The van der Waals surface area contributed by atoms with Crippen LogP contribution >= 0.6 is 0 Å². The molecule has 2 saturated heterocycles. The maximum Gasteiger partial charge on any atom is 0.253 e. The summed E-state index contributed by atoms with van der Waals surface area (Å²) in [5.41, 5.74) is 4.25. The second kappa shape index (κ2) is 7.15. The molecule has 0 saturated carbocycles. The molecule has 6 rings (SSSR count). The maximum absolute atomic E-state index is 13.7. The lowest BCUT2D eigenvalue weighted by Crippen LogP contribution is -2.49. The molecule has 3 heterocycles. The zero-order valence-corrected chi connectivity index (χ0v) is 17.1. The lowest BCUT2D eigenvalue weighted by Gasteiger charge is -2.39. The number of amides is 2. The van der Waals surface area contributed by atoms with Crippen molar-refractivity contribution in [2.45, 2.75) is 25.0 Å². The summed E-state index contributed by atoms with van der Waals surface area (Å²) in [4.78, 5) is 28.8. The highest BCUT2D eigenvalue weighted by atomic mass is 16.2. The Labute approximate surface area is 181 Å². The lowest BCUT2D eigenvalue weighted by atomic mass is 9.85. The second-order valence-corrected chi connectivity index (χ2v) is 8.46. The third-order valence-electron chi connectivity index (χ3n) is 6.82. The van der Waals surface area contributed by atoms with Crippen LogP contribution < -0.4 is 4.90 Å². The molecule has 3 aliphatic rings. The zero-order chi connectivity index (χ0) is 20.9. The minimum absolute atomic E-state index is 0.0940. The molecule has 0 aliphatic carbocycles. The van der Waals surface area contributed by atoms with Gasteiger partial charge in [-0.3, -0.25) is 9.59 Å². The van der Waals surface area contributed by atoms with Crippen molar-refractivity contribution in [2.24, 2.45) is 5.92 Å². The van der Waals surface area contributed by atoms with E-state index in [2.05, 4.69) is 40.3 Å². The van der Waals surface area contributed by atoms with Crippen molar-refractivity contribution in [1.82, 2.24) is 10.0 Å². The standard InChI is InChI=1S/C26H23N3O2/c30-25-22-23-21-14-8-7-11-19(21)15-16-27(23)28(17-18-9-3-1-4-10-18)24(22)26(31)29(25)20-12-5-2-6-13-20/h1-14,22-24H,15-17H2/t22-,23+,24+/m1/s1. The first-order chi connectivity index (χ1) is 15.2. The first-order valence-electron chi connectivity index (χ1n) is 10.8. The molecular formula is C26H23N3O2. The van der Waals surface area contributed by atoms with Gasteiger partial charge in [-0.15, -0.1) is 0 Å².